The Bertz CT molecular complexity index is 285. The normalized spacial score (nSPS) is 51.1. The van der Waals surface area contributed by atoms with Crippen LogP contribution in [0, 0.1) is 35.5 Å². The van der Waals surface area contributed by atoms with Gasteiger partial charge < -0.3 is 5.73 Å². The Labute approximate surface area is 92.8 Å². The summed E-state index contributed by atoms with van der Waals surface area (Å²) >= 11 is 0. The average Bonchev–Trinajstić information content (AvgIpc) is 2.15. The lowest BCUT2D eigenvalue weighted by Gasteiger charge is -2.60. The van der Waals surface area contributed by atoms with Crippen LogP contribution in [-0.2, 0) is 0 Å². The Kier molecular flexibility index (Phi) is 1.81. The lowest BCUT2D eigenvalue weighted by molar-refractivity contribution is -0.0789. The van der Waals surface area contributed by atoms with Crippen LogP contribution in [0.4, 0.5) is 0 Å². The summed E-state index contributed by atoms with van der Waals surface area (Å²) in [5.74, 6) is 5.69. The van der Waals surface area contributed by atoms with E-state index in [0.29, 0.717) is 0 Å². The predicted molar refractivity (Wildman–Crippen MR) is 62.0 cm³/mol. The first-order valence-corrected chi connectivity index (χ1v) is 6.31. The van der Waals surface area contributed by atoms with Crippen molar-refractivity contribution in [1.82, 2.24) is 0 Å². The third kappa shape index (κ3) is 1.21. The fourth-order valence-corrected chi connectivity index (χ4v) is 4.90. The van der Waals surface area contributed by atoms with Crippen LogP contribution in [0.1, 0.15) is 45.4 Å². The van der Waals surface area contributed by atoms with Gasteiger partial charge in [-0.05, 0) is 63.2 Å². The van der Waals surface area contributed by atoms with Crippen molar-refractivity contribution in [3.05, 3.63) is 0 Å². The van der Waals surface area contributed by atoms with E-state index in [1.807, 2.05) is 0 Å². The van der Waals surface area contributed by atoms with Crippen LogP contribution in [0.3, 0.4) is 0 Å². The lowest BCUT2D eigenvalue weighted by atomic mass is 9.45. The highest BCUT2D eigenvalue weighted by Crippen LogP contribution is 2.62. The van der Waals surface area contributed by atoms with Gasteiger partial charge in [-0.2, -0.15) is 0 Å². The van der Waals surface area contributed by atoms with Crippen molar-refractivity contribution < 1.29 is 0 Å². The molecule has 2 N–H and O–H groups in total. The smallest absolute Gasteiger partial charge is 0.0801 e. The molecular formula is C14H21N. The Hall–Kier alpha value is -0.480. The minimum Gasteiger partial charge on any atom is -0.315 e. The van der Waals surface area contributed by atoms with Gasteiger partial charge in [-0.3, -0.25) is 0 Å². The molecule has 4 rings (SSSR count). The zero-order valence-corrected chi connectivity index (χ0v) is 9.63. The van der Waals surface area contributed by atoms with E-state index in [-0.39, 0.29) is 11.0 Å². The topological polar surface area (TPSA) is 26.0 Å². The molecular weight excluding hydrogens is 182 g/mol. The highest BCUT2D eigenvalue weighted by molar-refractivity contribution is 5.21. The van der Waals surface area contributed by atoms with Gasteiger partial charge in [0.05, 0.1) is 5.54 Å². The Morgan fingerprint density at radius 3 is 1.87 bits per heavy atom. The molecule has 4 bridgehead atoms. The van der Waals surface area contributed by atoms with Crippen molar-refractivity contribution >= 4 is 0 Å². The Morgan fingerprint density at radius 1 is 1.13 bits per heavy atom. The molecule has 4 aliphatic rings. The zero-order valence-electron chi connectivity index (χ0n) is 9.63. The highest BCUT2D eigenvalue weighted by Gasteiger charge is 2.57. The van der Waals surface area contributed by atoms with Gasteiger partial charge in [0.1, 0.15) is 0 Å². The van der Waals surface area contributed by atoms with Crippen molar-refractivity contribution in [3.63, 3.8) is 0 Å². The summed E-state index contributed by atoms with van der Waals surface area (Å²) in [4.78, 5) is 0. The molecule has 1 nitrogen and oxygen atoms in total. The molecule has 15 heavy (non-hydrogen) atoms. The Morgan fingerprint density at radius 2 is 1.53 bits per heavy atom. The zero-order chi connectivity index (χ0) is 10.7. The van der Waals surface area contributed by atoms with Gasteiger partial charge in [0.15, 0.2) is 0 Å². The molecule has 0 heterocycles. The van der Waals surface area contributed by atoms with Crippen molar-refractivity contribution in [2.75, 3.05) is 0 Å². The average molecular weight is 203 g/mol. The first-order valence-electron chi connectivity index (χ1n) is 6.31. The molecule has 0 amide bonds. The first-order chi connectivity index (χ1) is 7.05. The van der Waals surface area contributed by atoms with Crippen molar-refractivity contribution in [3.8, 4) is 12.3 Å². The van der Waals surface area contributed by atoms with E-state index in [0.717, 1.165) is 17.8 Å². The lowest BCUT2D eigenvalue weighted by Crippen LogP contribution is -2.60. The van der Waals surface area contributed by atoms with Gasteiger partial charge in [-0.15, -0.1) is 6.42 Å². The maximum absolute atomic E-state index is 6.38. The molecule has 0 radical (unpaired) electrons. The summed E-state index contributed by atoms with van der Waals surface area (Å²) in [6, 6.07) is 0. The predicted octanol–water partition coefficient (Wildman–Crippen LogP) is 2.55. The first kappa shape index (κ1) is 9.73. The molecule has 1 heteroatoms. The van der Waals surface area contributed by atoms with Crippen LogP contribution in [-0.4, -0.2) is 5.54 Å². The van der Waals surface area contributed by atoms with Crippen LogP contribution in [0.2, 0.25) is 0 Å². The van der Waals surface area contributed by atoms with Crippen molar-refractivity contribution in [2.24, 2.45) is 28.9 Å². The standard InChI is InChI=1S/C14H21N/c1-3-13(2,15)14-7-10-4-11(8-14)6-12(5-10)9-14/h1,10-12H,4-9,15H2,2H3. The fourth-order valence-electron chi connectivity index (χ4n) is 4.90. The van der Waals surface area contributed by atoms with E-state index < -0.39 is 0 Å². The Balaban J connectivity index is 1.97. The monoisotopic (exact) mass is 203 g/mol. The van der Waals surface area contributed by atoms with Crippen molar-refractivity contribution in [2.45, 2.75) is 51.0 Å². The van der Waals surface area contributed by atoms with Gasteiger partial charge >= 0.3 is 0 Å². The second kappa shape index (κ2) is 2.80. The number of hydrogen-bond acceptors (Lipinski definition) is 1. The fraction of sp³-hybridized carbons (Fsp3) is 0.857. The van der Waals surface area contributed by atoms with E-state index in [4.69, 9.17) is 12.2 Å². The summed E-state index contributed by atoms with van der Waals surface area (Å²) in [5.41, 5.74) is 6.30. The minimum atomic E-state index is -0.372. The SMILES string of the molecule is C#CC(C)(N)C12CC3CC(CC(C3)C1)C2. The van der Waals surface area contributed by atoms with E-state index in [2.05, 4.69) is 12.8 Å². The van der Waals surface area contributed by atoms with Crippen LogP contribution < -0.4 is 5.73 Å². The number of terminal acetylenes is 1. The summed E-state index contributed by atoms with van der Waals surface area (Å²) in [6.07, 6.45) is 13.9. The van der Waals surface area contributed by atoms with E-state index >= 15 is 0 Å². The van der Waals surface area contributed by atoms with Gasteiger partial charge in [0.2, 0.25) is 0 Å². The molecule has 1 atom stereocenters. The number of rotatable bonds is 1. The molecule has 0 aromatic carbocycles. The maximum Gasteiger partial charge on any atom is 0.0801 e. The highest BCUT2D eigenvalue weighted by atomic mass is 14.8. The second-order valence-corrected chi connectivity index (χ2v) is 6.54. The van der Waals surface area contributed by atoms with Crippen LogP contribution in [0.15, 0.2) is 0 Å². The quantitative estimate of drug-likeness (QED) is 0.651. The summed E-state index contributed by atoms with van der Waals surface area (Å²) < 4.78 is 0. The van der Waals surface area contributed by atoms with E-state index in [9.17, 15) is 0 Å². The molecule has 4 aliphatic carbocycles. The van der Waals surface area contributed by atoms with E-state index in [1.165, 1.54) is 38.5 Å². The van der Waals surface area contributed by atoms with E-state index in [1.54, 1.807) is 0 Å². The largest absolute Gasteiger partial charge is 0.315 e. The third-order valence-electron chi connectivity index (χ3n) is 5.44. The molecule has 4 fully saturated rings. The molecule has 0 saturated heterocycles. The number of hydrogen-bond donors (Lipinski definition) is 1. The molecule has 0 aliphatic heterocycles. The minimum absolute atomic E-state index is 0.288. The van der Waals surface area contributed by atoms with Gasteiger partial charge in [-0.25, -0.2) is 0 Å². The maximum atomic E-state index is 6.38. The number of nitrogens with two attached hydrogens (primary N) is 1. The van der Waals surface area contributed by atoms with Gasteiger partial charge in [-0.1, -0.05) is 5.92 Å². The van der Waals surface area contributed by atoms with Crippen LogP contribution in [0.25, 0.3) is 0 Å². The van der Waals surface area contributed by atoms with Gasteiger partial charge in [0, 0.05) is 5.41 Å². The third-order valence-corrected chi connectivity index (χ3v) is 5.44. The molecule has 1 unspecified atom stereocenters. The molecule has 0 aromatic heterocycles. The summed E-state index contributed by atoms with van der Waals surface area (Å²) in [6.45, 7) is 2.08. The van der Waals surface area contributed by atoms with Crippen LogP contribution >= 0.6 is 0 Å². The van der Waals surface area contributed by atoms with Crippen LogP contribution in [0.5, 0.6) is 0 Å². The van der Waals surface area contributed by atoms with Gasteiger partial charge in [0.25, 0.3) is 0 Å². The molecule has 0 spiro atoms. The van der Waals surface area contributed by atoms with Crippen molar-refractivity contribution in [1.29, 1.82) is 0 Å². The molecule has 4 saturated carbocycles. The summed E-state index contributed by atoms with van der Waals surface area (Å²) in [5, 5.41) is 0. The molecule has 82 valence electrons. The summed E-state index contributed by atoms with van der Waals surface area (Å²) in [7, 11) is 0. The molecule has 0 aromatic rings. The second-order valence-electron chi connectivity index (χ2n) is 6.54.